The first-order valence-corrected chi connectivity index (χ1v) is 6.19. The molecule has 0 radical (unpaired) electrons. The average Bonchev–Trinajstić information content (AvgIpc) is 2.35. The molecule has 0 aliphatic heterocycles. The predicted molar refractivity (Wildman–Crippen MR) is 70.7 cm³/mol. The number of aliphatic carboxylic acids is 1. The van der Waals surface area contributed by atoms with Crippen LogP contribution in [-0.4, -0.2) is 35.2 Å². The van der Waals surface area contributed by atoms with Crippen molar-refractivity contribution >= 4 is 11.9 Å². The van der Waals surface area contributed by atoms with Gasteiger partial charge in [-0.25, -0.2) is 0 Å². The molecule has 1 unspecified atom stereocenters. The van der Waals surface area contributed by atoms with Crippen LogP contribution in [0.2, 0.25) is 0 Å². The monoisotopic (exact) mass is 265 g/mol. The molecule has 1 atom stereocenters. The Balaban J connectivity index is 2.63. The van der Waals surface area contributed by atoms with Crippen molar-refractivity contribution < 1.29 is 19.8 Å². The van der Waals surface area contributed by atoms with E-state index in [0.29, 0.717) is 6.42 Å². The van der Waals surface area contributed by atoms with Crippen LogP contribution in [0.3, 0.4) is 0 Å². The maximum absolute atomic E-state index is 11.5. The second kappa shape index (κ2) is 7.53. The molecule has 104 valence electrons. The van der Waals surface area contributed by atoms with Gasteiger partial charge in [-0.1, -0.05) is 29.8 Å². The number of aliphatic hydroxyl groups is 1. The summed E-state index contributed by atoms with van der Waals surface area (Å²) in [5.41, 5.74) is 1.97. The fourth-order valence-electron chi connectivity index (χ4n) is 1.86. The first-order valence-electron chi connectivity index (χ1n) is 6.19. The minimum atomic E-state index is -0.986. The number of aryl methyl sites for hydroxylation is 1. The number of aliphatic hydroxyl groups excluding tert-OH is 1. The Morgan fingerprint density at radius 1 is 1.37 bits per heavy atom. The highest BCUT2D eigenvalue weighted by molar-refractivity contribution is 5.82. The third-order valence-corrected chi connectivity index (χ3v) is 2.78. The Kier molecular flexibility index (Phi) is 6.02. The first-order chi connectivity index (χ1) is 9.02. The lowest BCUT2D eigenvalue weighted by molar-refractivity contribution is -0.144. The van der Waals surface area contributed by atoms with Crippen molar-refractivity contribution in [2.45, 2.75) is 19.8 Å². The highest BCUT2D eigenvalue weighted by Gasteiger charge is 2.21. The van der Waals surface area contributed by atoms with Gasteiger partial charge >= 0.3 is 5.97 Å². The Morgan fingerprint density at radius 2 is 2.11 bits per heavy atom. The summed E-state index contributed by atoms with van der Waals surface area (Å²) in [6.45, 7) is 1.93. The van der Waals surface area contributed by atoms with E-state index in [9.17, 15) is 9.59 Å². The molecule has 0 aliphatic rings. The summed E-state index contributed by atoms with van der Waals surface area (Å²) in [5, 5.41) is 20.2. The van der Waals surface area contributed by atoms with E-state index < -0.39 is 11.9 Å². The Hall–Kier alpha value is -1.88. The molecule has 1 rings (SSSR count). The van der Waals surface area contributed by atoms with Gasteiger partial charge in [0.05, 0.1) is 12.5 Å². The molecule has 1 amide bonds. The van der Waals surface area contributed by atoms with Crippen LogP contribution in [0.1, 0.15) is 17.5 Å². The fraction of sp³-hybridized carbons (Fsp3) is 0.429. The van der Waals surface area contributed by atoms with E-state index >= 15 is 0 Å². The molecule has 1 aromatic rings. The van der Waals surface area contributed by atoms with Gasteiger partial charge < -0.3 is 15.5 Å². The van der Waals surface area contributed by atoms with Crippen LogP contribution in [0.15, 0.2) is 24.3 Å². The topological polar surface area (TPSA) is 86.6 Å². The van der Waals surface area contributed by atoms with Gasteiger partial charge in [0.2, 0.25) is 5.91 Å². The van der Waals surface area contributed by atoms with Crippen molar-refractivity contribution in [1.29, 1.82) is 0 Å². The second-order valence-electron chi connectivity index (χ2n) is 4.51. The number of benzene rings is 1. The number of carbonyl (C=O) groups excluding carboxylic acids is 1. The molecule has 0 fully saturated rings. The van der Waals surface area contributed by atoms with E-state index in [0.717, 1.165) is 11.1 Å². The molecule has 0 aliphatic carbocycles. The zero-order chi connectivity index (χ0) is 14.3. The average molecular weight is 265 g/mol. The maximum Gasteiger partial charge on any atom is 0.307 e. The number of carboxylic acid groups (broad SMARTS) is 1. The highest BCUT2D eigenvalue weighted by atomic mass is 16.4. The smallest absolute Gasteiger partial charge is 0.307 e. The number of carbonyl (C=O) groups is 2. The fourth-order valence-corrected chi connectivity index (χ4v) is 1.86. The summed E-state index contributed by atoms with van der Waals surface area (Å²) in [6.07, 6.45) is 0.243. The van der Waals surface area contributed by atoms with Crippen LogP contribution in [0.25, 0.3) is 0 Å². The third kappa shape index (κ3) is 5.52. The number of nitrogens with one attached hydrogen (secondary N) is 1. The summed E-state index contributed by atoms with van der Waals surface area (Å²) in [4.78, 5) is 22.7. The minimum Gasteiger partial charge on any atom is -0.481 e. The molecule has 0 aromatic heterocycles. The normalized spacial score (nSPS) is 11.9. The molecule has 0 bridgehead atoms. The van der Waals surface area contributed by atoms with E-state index in [2.05, 4.69) is 5.32 Å². The van der Waals surface area contributed by atoms with Crippen LogP contribution >= 0.6 is 0 Å². The predicted octanol–water partition coefficient (Wildman–Crippen LogP) is 0.737. The molecule has 0 saturated heterocycles. The lowest BCUT2D eigenvalue weighted by atomic mass is 9.95. The van der Waals surface area contributed by atoms with Gasteiger partial charge in [0.25, 0.3) is 0 Å². The third-order valence-electron chi connectivity index (χ3n) is 2.78. The molecule has 5 heteroatoms. The number of hydrogen-bond acceptors (Lipinski definition) is 3. The van der Waals surface area contributed by atoms with Gasteiger partial charge in [0.1, 0.15) is 0 Å². The van der Waals surface area contributed by atoms with Crippen molar-refractivity contribution in [2.75, 3.05) is 13.2 Å². The quantitative estimate of drug-likeness (QED) is 0.678. The summed E-state index contributed by atoms with van der Waals surface area (Å²) >= 11 is 0. The molecule has 0 spiro atoms. The van der Waals surface area contributed by atoms with E-state index in [4.69, 9.17) is 10.2 Å². The molecule has 0 saturated carbocycles. The molecule has 0 heterocycles. The van der Waals surface area contributed by atoms with Gasteiger partial charge in [0, 0.05) is 13.0 Å². The number of amides is 1. The van der Waals surface area contributed by atoms with Crippen LogP contribution in [0, 0.1) is 12.8 Å². The maximum atomic E-state index is 11.5. The highest BCUT2D eigenvalue weighted by Crippen LogP contribution is 2.14. The van der Waals surface area contributed by atoms with Crippen molar-refractivity contribution in [1.82, 2.24) is 5.32 Å². The second-order valence-corrected chi connectivity index (χ2v) is 4.51. The van der Waals surface area contributed by atoms with E-state index in [1.165, 1.54) is 0 Å². The number of rotatable bonds is 7. The van der Waals surface area contributed by atoms with Gasteiger partial charge in [0.15, 0.2) is 0 Å². The van der Waals surface area contributed by atoms with Crippen molar-refractivity contribution in [3.63, 3.8) is 0 Å². The molecular formula is C14H19NO4. The molecular weight excluding hydrogens is 246 g/mol. The molecule has 19 heavy (non-hydrogen) atoms. The lowest BCUT2D eigenvalue weighted by Gasteiger charge is -2.12. The standard InChI is InChI=1S/C14H19NO4/c1-10-3-2-4-11(7-10)8-12(14(18)19)9-13(17)15-5-6-16/h2-4,7,12,16H,5-6,8-9H2,1H3,(H,15,17)(H,18,19). The zero-order valence-corrected chi connectivity index (χ0v) is 10.9. The van der Waals surface area contributed by atoms with E-state index in [1.807, 2.05) is 31.2 Å². The van der Waals surface area contributed by atoms with Crippen LogP contribution in [0.5, 0.6) is 0 Å². The van der Waals surface area contributed by atoms with Crippen molar-refractivity contribution in [2.24, 2.45) is 5.92 Å². The summed E-state index contributed by atoms with van der Waals surface area (Å²) in [7, 11) is 0. The summed E-state index contributed by atoms with van der Waals surface area (Å²) in [5.74, 6) is -2.09. The number of carboxylic acids is 1. The number of hydrogen-bond donors (Lipinski definition) is 3. The SMILES string of the molecule is Cc1cccc(CC(CC(=O)NCCO)C(=O)O)c1. The zero-order valence-electron chi connectivity index (χ0n) is 10.9. The van der Waals surface area contributed by atoms with Crippen LogP contribution in [0.4, 0.5) is 0 Å². The van der Waals surface area contributed by atoms with Crippen LogP contribution < -0.4 is 5.32 Å². The van der Waals surface area contributed by atoms with Crippen molar-refractivity contribution in [3.8, 4) is 0 Å². The van der Waals surface area contributed by atoms with E-state index in [1.54, 1.807) is 0 Å². The van der Waals surface area contributed by atoms with Crippen LogP contribution in [-0.2, 0) is 16.0 Å². The van der Waals surface area contributed by atoms with Gasteiger partial charge in [-0.05, 0) is 18.9 Å². The first kappa shape index (κ1) is 15.2. The Morgan fingerprint density at radius 3 is 2.68 bits per heavy atom. The Bertz CT molecular complexity index is 445. The summed E-state index contributed by atoms with van der Waals surface area (Å²) < 4.78 is 0. The largest absolute Gasteiger partial charge is 0.481 e. The molecule has 5 nitrogen and oxygen atoms in total. The van der Waals surface area contributed by atoms with Gasteiger partial charge in [-0.2, -0.15) is 0 Å². The van der Waals surface area contributed by atoms with Gasteiger partial charge in [-0.15, -0.1) is 0 Å². The van der Waals surface area contributed by atoms with E-state index in [-0.39, 0.29) is 25.5 Å². The summed E-state index contributed by atoms with van der Waals surface area (Å²) in [6, 6.07) is 7.58. The lowest BCUT2D eigenvalue weighted by Crippen LogP contribution is -2.31. The minimum absolute atomic E-state index is 0.0801. The Labute approximate surface area is 112 Å². The van der Waals surface area contributed by atoms with Gasteiger partial charge in [-0.3, -0.25) is 9.59 Å². The molecule has 3 N–H and O–H groups in total. The molecule has 1 aromatic carbocycles. The van der Waals surface area contributed by atoms with Crippen molar-refractivity contribution in [3.05, 3.63) is 35.4 Å².